The normalized spacial score (nSPS) is 25.8. The average Bonchev–Trinajstić information content (AvgIpc) is 2.17. The highest BCUT2D eigenvalue weighted by molar-refractivity contribution is 5.75. The third kappa shape index (κ3) is 2.98. The first kappa shape index (κ1) is 11.5. The second kappa shape index (κ2) is 5.35. The standard InChI is InChI=1S/C11H21NO2/c1-4-14-11(13)10(3)12-7-5-6-9(2)8-12/h9-10H,4-8H2,1-3H3. The Kier molecular flexibility index (Phi) is 4.39. The highest BCUT2D eigenvalue weighted by atomic mass is 16.5. The summed E-state index contributed by atoms with van der Waals surface area (Å²) in [4.78, 5) is 13.7. The van der Waals surface area contributed by atoms with Gasteiger partial charge in [0.1, 0.15) is 6.04 Å². The lowest BCUT2D eigenvalue weighted by Gasteiger charge is -2.34. The van der Waals surface area contributed by atoms with E-state index in [1.54, 1.807) is 0 Å². The van der Waals surface area contributed by atoms with Crippen LogP contribution in [0, 0.1) is 5.92 Å². The van der Waals surface area contributed by atoms with E-state index in [2.05, 4.69) is 11.8 Å². The van der Waals surface area contributed by atoms with Crippen molar-refractivity contribution in [2.75, 3.05) is 19.7 Å². The first-order valence-electron chi connectivity index (χ1n) is 5.55. The molecule has 0 aromatic heterocycles. The number of nitrogens with zero attached hydrogens (tertiary/aromatic N) is 1. The van der Waals surface area contributed by atoms with Gasteiger partial charge in [-0.25, -0.2) is 0 Å². The maximum atomic E-state index is 11.5. The SMILES string of the molecule is CCOC(=O)C(C)N1CCCC(C)C1. The fraction of sp³-hybridized carbons (Fsp3) is 0.909. The second-order valence-electron chi connectivity index (χ2n) is 4.17. The molecule has 1 heterocycles. The smallest absolute Gasteiger partial charge is 0.323 e. The first-order chi connectivity index (χ1) is 6.65. The fourth-order valence-corrected chi connectivity index (χ4v) is 1.99. The lowest BCUT2D eigenvalue weighted by Crippen LogP contribution is -2.45. The molecule has 0 N–H and O–H groups in total. The number of hydrogen-bond donors (Lipinski definition) is 0. The van der Waals surface area contributed by atoms with Crippen LogP contribution < -0.4 is 0 Å². The zero-order valence-corrected chi connectivity index (χ0v) is 9.45. The number of carbonyl (C=O) groups excluding carboxylic acids is 1. The van der Waals surface area contributed by atoms with Gasteiger partial charge in [-0.15, -0.1) is 0 Å². The quantitative estimate of drug-likeness (QED) is 0.648. The largest absolute Gasteiger partial charge is 0.465 e. The topological polar surface area (TPSA) is 29.5 Å². The maximum absolute atomic E-state index is 11.5. The molecule has 0 radical (unpaired) electrons. The van der Waals surface area contributed by atoms with E-state index >= 15 is 0 Å². The summed E-state index contributed by atoms with van der Waals surface area (Å²) in [6.07, 6.45) is 2.48. The van der Waals surface area contributed by atoms with Crippen molar-refractivity contribution in [3.63, 3.8) is 0 Å². The van der Waals surface area contributed by atoms with E-state index in [-0.39, 0.29) is 12.0 Å². The predicted molar refractivity (Wildman–Crippen MR) is 56.1 cm³/mol. The molecule has 1 aliphatic heterocycles. The van der Waals surface area contributed by atoms with Crippen LogP contribution in [0.25, 0.3) is 0 Å². The van der Waals surface area contributed by atoms with Crippen LogP contribution in [-0.2, 0) is 9.53 Å². The number of carbonyl (C=O) groups is 1. The molecule has 14 heavy (non-hydrogen) atoms. The molecule has 0 spiro atoms. The van der Waals surface area contributed by atoms with E-state index in [9.17, 15) is 4.79 Å². The van der Waals surface area contributed by atoms with Gasteiger partial charge < -0.3 is 4.74 Å². The highest BCUT2D eigenvalue weighted by Crippen LogP contribution is 2.17. The van der Waals surface area contributed by atoms with Crippen LogP contribution in [0.1, 0.15) is 33.6 Å². The molecule has 0 aromatic carbocycles. The monoisotopic (exact) mass is 199 g/mol. The summed E-state index contributed by atoms with van der Waals surface area (Å²) in [5.41, 5.74) is 0. The third-order valence-electron chi connectivity index (χ3n) is 2.86. The lowest BCUT2D eigenvalue weighted by molar-refractivity contribution is -0.149. The van der Waals surface area contributed by atoms with E-state index in [0.29, 0.717) is 12.5 Å². The molecule has 1 aliphatic rings. The van der Waals surface area contributed by atoms with E-state index in [1.165, 1.54) is 12.8 Å². The van der Waals surface area contributed by atoms with Crippen LogP contribution in [0.2, 0.25) is 0 Å². The molecular formula is C11H21NO2. The number of rotatable bonds is 3. The van der Waals surface area contributed by atoms with Gasteiger partial charge in [0.05, 0.1) is 6.61 Å². The predicted octanol–water partition coefficient (Wildman–Crippen LogP) is 1.67. The van der Waals surface area contributed by atoms with Gasteiger partial charge in [-0.1, -0.05) is 6.92 Å². The highest BCUT2D eigenvalue weighted by Gasteiger charge is 2.26. The van der Waals surface area contributed by atoms with Gasteiger partial charge in [0.15, 0.2) is 0 Å². The number of hydrogen-bond acceptors (Lipinski definition) is 3. The van der Waals surface area contributed by atoms with Crippen molar-refractivity contribution in [2.24, 2.45) is 5.92 Å². The van der Waals surface area contributed by atoms with Gasteiger partial charge in [0, 0.05) is 6.54 Å². The van der Waals surface area contributed by atoms with E-state index in [1.807, 2.05) is 13.8 Å². The molecule has 0 aromatic rings. The Bertz CT molecular complexity index is 194. The molecule has 82 valence electrons. The van der Waals surface area contributed by atoms with Crippen molar-refractivity contribution in [1.29, 1.82) is 0 Å². The molecule has 3 heteroatoms. The Labute approximate surface area is 86.4 Å². The molecule has 1 rings (SSSR count). The van der Waals surface area contributed by atoms with Crippen LogP contribution in [-0.4, -0.2) is 36.6 Å². The molecule has 0 bridgehead atoms. The summed E-state index contributed by atoms with van der Waals surface area (Å²) in [7, 11) is 0. The lowest BCUT2D eigenvalue weighted by atomic mass is 9.99. The van der Waals surface area contributed by atoms with Gasteiger partial charge in [-0.2, -0.15) is 0 Å². The van der Waals surface area contributed by atoms with Crippen molar-refractivity contribution >= 4 is 5.97 Å². The minimum atomic E-state index is -0.0819. The summed E-state index contributed by atoms with van der Waals surface area (Å²) in [6.45, 7) is 8.57. The molecule has 3 nitrogen and oxygen atoms in total. The second-order valence-corrected chi connectivity index (χ2v) is 4.17. The minimum Gasteiger partial charge on any atom is -0.465 e. The number of esters is 1. The number of likely N-dealkylation sites (tertiary alicyclic amines) is 1. The van der Waals surface area contributed by atoms with E-state index < -0.39 is 0 Å². The minimum absolute atomic E-state index is 0.0716. The van der Waals surface area contributed by atoms with Gasteiger partial charge in [-0.05, 0) is 39.2 Å². The summed E-state index contributed by atoms with van der Waals surface area (Å²) >= 11 is 0. The van der Waals surface area contributed by atoms with Gasteiger partial charge in [0.2, 0.25) is 0 Å². The summed E-state index contributed by atoms with van der Waals surface area (Å²) in [6, 6.07) is -0.0716. The Morgan fingerprint density at radius 1 is 1.64 bits per heavy atom. The Balaban J connectivity index is 2.42. The fourth-order valence-electron chi connectivity index (χ4n) is 1.99. The Morgan fingerprint density at radius 2 is 2.36 bits per heavy atom. The van der Waals surface area contributed by atoms with E-state index in [4.69, 9.17) is 4.74 Å². The van der Waals surface area contributed by atoms with Crippen molar-refractivity contribution in [3.05, 3.63) is 0 Å². The van der Waals surface area contributed by atoms with Crippen LogP contribution in [0.15, 0.2) is 0 Å². The summed E-state index contributed by atoms with van der Waals surface area (Å²) in [5, 5.41) is 0. The number of piperidine rings is 1. The Morgan fingerprint density at radius 3 is 2.93 bits per heavy atom. The van der Waals surface area contributed by atoms with Crippen molar-refractivity contribution in [2.45, 2.75) is 39.7 Å². The molecule has 2 atom stereocenters. The summed E-state index contributed by atoms with van der Waals surface area (Å²) in [5.74, 6) is 0.627. The van der Waals surface area contributed by atoms with Crippen LogP contribution in [0.4, 0.5) is 0 Å². The van der Waals surface area contributed by atoms with Crippen LogP contribution in [0.3, 0.4) is 0 Å². The van der Waals surface area contributed by atoms with Crippen molar-refractivity contribution in [3.8, 4) is 0 Å². The third-order valence-corrected chi connectivity index (χ3v) is 2.86. The molecule has 0 saturated carbocycles. The average molecular weight is 199 g/mol. The molecule has 2 unspecified atom stereocenters. The van der Waals surface area contributed by atoms with Crippen LogP contribution >= 0.6 is 0 Å². The maximum Gasteiger partial charge on any atom is 0.323 e. The van der Waals surface area contributed by atoms with Gasteiger partial charge in [-0.3, -0.25) is 9.69 Å². The van der Waals surface area contributed by atoms with Crippen molar-refractivity contribution in [1.82, 2.24) is 4.90 Å². The molecule has 1 fully saturated rings. The van der Waals surface area contributed by atoms with Crippen LogP contribution in [0.5, 0.6) is 0 Å². The van der Waals surface area contributed by atoms with E-state index in [0.717, 1.165) is 13.1 Å². The molecular weight excluding hydrogens is 178 g/mol. The zero-order valence-electron chi connectivity index (χ0n) is 9.45. The van der Waals surface area contributed by atoms with Gasteiger partial charge in [0.25, 0.3) is 0 Å². The zero-order chi connectivity index (χ0) is 10.6. The molecule has 1 saturated heterocycles. The molecule has 0 amide bonds. The summed E-state index contributed by atoms with van der Waals surface area (Å²) < 4.78 is 5.01. The number of ether oxygens (including phenoxy) is 1. The Hall–Kier alpha value is -0.570. The molecule has 0 aliphatic carbocycles. The first-order valence-corrected chi connectivity index (χ1v) is 5.55. The van der Waals surface area contributed by atoms with Crippen molar-refractivity contribution < 1.29 is 9.53 Å². The van der Waals surface area contributed by atoms with Gasteiger partial charge >= 0.3 is 5.97 Å².